The fourth-order valence-corrected chi connectivity index (χ4v) is 4.23. The number of hydrogen-bond acceptors (Lipinski definition) is 7. The molecule has 32 heavy (non-hydrogen) atoms. The molecule has 8 nitrogen and oxygen atoms in total. The van der Waals surface area contributed by atoms with Crippen LogP contribution in [0, 0.1) is 0 Å². The van der Waals surface area contributed by atoms with Crippen LogP contribution < -0.4 is 4.90 Å². The van der Waals surface area contributed by atoms with Crippen molar-refractivity contribution in [3.05, 3.63) is 54.5 Å². The van der Waals surface area contributed by atoms with E-state index in [-0.39, 0.29) is 11.5 Å². The molecule has 8 heteroatoms. The first-order valence-electron chi connectivity index (χ1n) is 10.7. The lowest BCUT2D eigenvalue weighted by Gasteiger charge is -2.26. The number of phenolic OH excluding ortho intramolecular Hbond substituents is 2. The molecule has 0 unspecified atom stereocenters. The molecule has 1 aliphatic heterocycles. The third-order valence-electron chi connectivity index (χ3n) is 6.02. The third kappa shape index (κ3) is 3.62. The number of rotatable bonds is 3. The van der Waals surface area contributed by atoms with Gasteiger partial charge in [-0.15, -0.1) is 0 Å². The summed E-state index contributed by atoms with van der Waals surface area (Å²) < 4.78 is 1.74. The van der Waals surface area contributed by atoms with Gasteiger partial charge < -0.3 is 15.1 Å². The largest absolute Gasteiger partial charge is 0.508 e. The van der Waals surface area contributed by atoms with Gasteiger partial charge in [0.15, 0.2) is 0 Å². The first-order valence-corrected chi connectivity index (χ1v) is 10.7. The monoisotopic (exact) mass is 430 g/mol. The molecular weight excluding hydrogens is 404 g/mol. The van der Waals surface area contributed by atoms with E-state index >= 15 is 0 Å². The second-order valence-corrected chi connectivity index (χ2v) is 8.51. The van der Waals surface area contributed by atoms with E-state index in [1.807, 2.05) is 31.4 Å². The van der Waals surface area contributed by atoms with Gasteiger partial charge in [-0.3, -0.25) is 14.6 Å². The Morgan fingerprint density at radius 1 is 1.00 bits per heavy atom. The van der Waals surface area contributed by atoms with Crippen LogP contribution in [0.2, 0.25) is 0 Å². The number of hydrogen-bond donors (Lipinski definition) is 2. The van der Waals surface area contributed by atoms with Crippen LogP contribution in [0.1, 0.15) is 19.4 Å². The molecule has 164 valence electrons. The van der Waals surface area contributed by atoms with Crippen LogP contribution in [-0.4, -0.2) is 54.0 Å². The lowest BCUT2D eigenvalue weighted by Crippen LogP contribution is -2.34. The maximum atomic E-state index is 10.6. The van der Waals surface area contributed by atoms with E-state index in [0.717, 1.165) is 52.3 Å². The molecular formula is C24H26N6O2. The highest BCUT2D eigenvalue weighted by atomic mass is 16.3. The second-order valence-electron chi connectivity index (χ2n) is 8.51. The van der Waals surface area contributed by atoms with Gasteiger partial charge in [0.05, 0.1) is 34.8 Å². The Hall–Kier alpha value is -3.65. The minimum Gasteiger partial charge on any atom is -0.508 e. The Bertz CT molecular complexity index is 1300. The Morgan fingerprint density at radius 3 is 2.59 bits per heavy atom. The van der Waals surface area contributed by atoms with Crippen LogP contribution in [0.4, 0.5) is 11.4 Å². The van der Waals surface area contributed by atoms with Gasteiger partial charge in [0.1, 0.15) is 11.5 Å². The molecule has 0 spiro atoms. The molecule has 0 saturated heterocycles. The summed E-state index contributed by atoms with van der Waals surface area (Å²) in [5.74, 6) is 0.153. The van der Waals surface area contributed by atoms with Crippen LogP contribution >= 0.6 is 0 Å². The highest BCUT2D eigenvalue weighted by Gasteiger charge is 2.25. The van der Waals surface area contributed by atoms with Gasteiger partial charge in [-0.25, -0.2) is 4.98 Å². The molecule has 5 rings (SSSR count). The van der Waals surface area contributed by atoms with Crippen LogP contribution in [0.5, 0.6) is 11.5 Å². The van der Waals surface area contributed by atoms with E-state index in [0.29, 0.717) is 12.6 Å². The summed E-state index contributed by atoms with van der Waals surface area (Å²) in [6, 6.07) is 9.45. The second kappa shape index (κ2) is 7.80. The van der Waals surface area contributed by atoms with Crippen LogP contribution in [-0.2, 0) is 13.6 Å². The van der Waals surface area contributed by atoms with Gasteiger partial charge in [0.2, 0.25) is 0 Å². The fourth-order valence-electron chi connectivity index (χ4n) is 4.23. The lowest BCUT2D eigenvalue weighted by molar-refractivity contribution is 0.221. The van der Waals surface area contributed by atoms with Crippen LogP contribution in [0.25, 0.3) is 22.3 Å². The lowest BCUT2D eigenvalue weighted by atomic mass is 10.1. The average Bonchev–Trinajstić information content (AvgIpc) is 3.10. The molecule has 4 aromatic rings. The fraction of sp³-hybridized carbons (Fsp3) is 0.292. The molecule has 0 atom stereocenters. The number of aromatic hydroxyl groups is 2. The zero-order valence-electron chi connectivity index (χ0n) is 18.4. The molecule has 0 aliphatic carbocycles. The summed E-state index contributed by atoms with van der Waals surface area (Å²) in [4.78, 5) is 13.8. The van der Waals surface area contributed by atoms with Crippen molar-refractivity contribution in [1.29, 1.82) is 0 Å². The Morgan fingerprint density at radius 2 is 1.84 bits per heavy atom. The van der Waals surface area contributed by atoms with Gasteiger partial charge >= 0.3 is 0 Å². The maximum Gasteiger partial charge on any atom is 0.125 e. The van der Waals surface area contributed by atoms with E-state index in [2.05, 4.69) is 33.7 Å². The molecule has 2 aromatic carbocycles. The third-order valence-corrected chi connectivity index (χ3v) is 6.02. The molecule has 1 aliphatic rings. The standard InChI is InChI=1S/C24H26N6O2/c1-15(2)29-6-7-30(23-9-18(31)10-24(32)19(23)14-29)17-4-5-20-21(8-17)27-22(12-25-20)16-11-26-28(3)13-16/h4-5,8-13,15,31-32H,6-7,14H2,1-3H3. The van der Waals surface area contributed by atoms with Crippen molar-refractivity contribution < 1.29 is 10.2 Å². The van der Waals surface area contributed by atoms with Crippen molar-refractivity contribution >= 4 is 22.4 Å². The van der Waals surface area contributed by atoms with Crippen molar-refractivity contribution in [2.45, 2.75) is 26.4 Å². The summed E-state index contributed by atoms with van der Waals surface area (Å²) in [6.07, 6.45) is 5.45. The van der Waals surface area contributed by atoms with Gasteiger partial charge in [-0.05, 0) is 32.0 Å². The molecule has 0 amide bonds. The van der Waals surface area contributed by atoms with Crippen molar-refractivity contribution in [3.63, 3.8) is 0 Å². The van der Waals surface area contributed by atoms with Gasteiger partial charge in [-0.1, -0.05) is 0 Å². The highest BCUT2D eigenvalue weighted by molar-refractivity contribution is 5.83. The van der Waals surface area contributed by atoms with Gasteiger partial charge in [-0.2, -0.15) is 5.10 Å². The molecule has 2 N–H and O–H groups in total. The minimum absolute atomic E-state index is 0.0451. The van der Waals surface area contributed by atoms with Gasteiger partial charge in [0.25, 0.3) is 0 Å². The van der Waals surface area contributed by atoms with E-state index in [9.17, 15) is 10.2 Å². The zero-order chi connectivity index (χ0) is 22.4. The predicted molar refractivity (Wildman–Crippen MR) is 124 cm³/mol. The number of aryl methyl sites for hydroxylation is 1. The SMILES string of the molecule is CC(C)N1CCN(c2ccc3ncc(-c4cnn(C)c4)nc3c2)c2cc(O)cc(O)c2C1. The van der Waals surface area contributed by atoms with Crippen molar-refractivity contribution in [1.82, 2.24) is 24.6 Å². The van der Waals surface area contributed by atoms with Crippen molar-refractivity contribution in [3.8, 4) is 22.8 Å². The van der Waals surface area contributed by atoms with Crippen molar-refractivity contribution in [2.24, 2.45) is 7.05 Å². The normalized spacial score (nSPS) is 14.7. The van der Waals surface area contributed by atoms with Crippen molar-refractivity contribution in [2.75, 3.05) is 18.0 Å². The van der Waals surface area contributed by atoms with Gasteiger partial charge in [0, 0.05) is 67.9 Å². The Labute approximate surface area is 186 Å². The molecule has 0 bridgehead atoms. The molecule has 0 saturated carbocycles. The number of fused-ring (bicyclic) bond motifs is 2. The summed E-state index contributed by atoms with van der Waals surface area (Å²) in [7, 11) is 1.87. The maximum absolute atomic E-state index is 10.6. The minimum atomic E-state index is 0.0451. The predicted octanol–water partition coefficient (Wildman–Crippen LogP) is 3.80. The summed E-state index contributed by atoms with van der Waals surface area (Å²) in [5.41, 5.74) is 5.81. The Balaban J connectivity index is 1.61. The summed E-state index contributed by atoms with van der Waals surface area (Å²) in [5, 5.41) is 25.1. The topological polar surface area (TPSA) is 90.5 Å². The first kappa shape index (κ1) is 20.3. The molecule has 2 aromatic heterocycles. The number of anilines is 2. The number of aromatic nitrogens is 4. The molecule has 3 heterocycles. The first-order chi connectivity index (χ1) is 15.4. The van der Waals surface area contributed by atoms with E-state index in [1.54, 1.807) is 23.1 Å². The van der Waals surface area contributed by atoms with E-state index in [1.165, 1.54) is 6.07 Å². The summed E-state index contributed by atoms with van der Waals surface area (Å²) in [6.45, 7) is 6.46. The Kier molecular flexibility index (Phi) is 4.94. The quantitative estimate of drug-likeness (QED) is 0.511. The van der Waals surface area contributed by atoms with Crippen LogP contribution in [0.3, 0.4) is 0 Å². The number of nitrogens with zero attached hydrogens (tertiary/aromatic N) is 6. The molecule has 0 fully saturated rings. The highest BCUT2D eigenvalue weighted by Crippen LogP contribution is 2.40. The molecule has 0 radical (unpaired) electrons. The van der Waals surface area contributed by atoms with E-state index in [4.69, 9.17) is 4.98 Å². The van der Waals surface area contributed by atoms with E-state index < -0.39 is 0 Å². The number of phenols is 2. The van der Waals surface area contributed by atoms with Crippen LogP contribution in [0.15, 0.2) is 48.9 Å². The smallest absolute Gasteiger partial charge is 0.125 e. The average molecular weight is 431 g/mol. The zero-order valence-corrected chi connectivity index (χ0v) is 18.4. The summed E-state index contributed by atoms with van der Waals surface area (Å²) >= 11 is 0. The number of benzene rings is 2.